The molecule has 0 aromatic carbocycles. The first kappa shape index (κ1) is 15.4. The van der Waals surface area contributed by atoms with Gasteiger partial charge in [0.15, 0.2) is 0 Å². The molecule has 1 amide bonds. The number of likely N-dealkylation sites (N-methyl/N-ethyl adjacent to an activating group) is 1. The summed E-state index contributed by atoms with van der Waals surface area (Å²) in [6.45, 7) is 5.41. The van der Waals surface area contributed by atoms with E-state index in [1.54, 1.807) is 7.05 Å². The van der Waals surface area contributed by atoms with Crippen LogP contribution in [0.1, 0.15) is 51.9 Å². The fourth-order valence-corrected chi connectivity index (χ4v) is 2.56. The summed E-state index contributed by atoms with van der Waals surface area (Å²) in [4.78, 5) is 13.9. The minimum Gasteiger partial charge on any atom is -0.368 e. The SMILES string of the molecule is CNC(C)(CCCN1CCCCCCC1)C(N)=O. The van der Waals surface area contributed by atoms with Gasteiger partial charge in [0.25, 0.3) is 0 Å². The molecule has 0 aromatic rings. The van der Waals surface area contributed by atoms with Gasteiger partial charge in [-0.05, 0) is 59.3 Å². The molecular weight excluding hydrogens is 226 g/mol. The van der Waals surface area contributed by atoms with Crippen molar-refractivity contribution in [3.8, 4) is 0 Å². The van der Waals surface area contributed by atoms with Crippen LogP contribution in [0.5, 0.6) is 0 Å². The van der Waals surface area contributed by atoms with Crippen molar-refractivity contribution < 1.29 is 4.79 Å². The third-order valence-corrected chi connectivity index (χ3v) is 4.20. The molecule has 1 aliphatic rings. The standard InChI is InChI=1S/C14H29N3O/c1-14(16-2,13(15)18)9-8-12-17-10-6-4-3-5-7-11-17/h16H,3-12H2,1-2H3,(H2,15,18). The van der Waals surface area contributed by atoms with Gasteiger partial charge >= 0.3 is 0 Å². The van der Waals surface area contributed by atoms with Gasteiger partial charge in [0, 0.05) is 0 Å². The van der Waals surface area contributed by atoms with Gasteiger partial charge in [-0.2, -0.15) is 0 Å². The Bertz CT molecular complexity index is 249. The zero-order chi connectivity index (χ0) is 13.4. The van der Waals surface area contributed by atoms with Crippen molar-refractivity contribution >= 4 is 5.91 Å². The van der Waals surface area contributed by atoms with Gasteiger partial charge in [-0.25, -0.2) is 0 Å². The van der Waals surface area contributed by atoms with Gasteiger partial charge in [-0.15, -0.1) is 0 Å². The van der Waals surface area contributed by atoms with Crippen molar-refractivity contribution in [2.75, 3.05) is 26.7 Å². The first-order chi connectivity index (χ1) is 8.58. The molecule has 0 bridgehead atoms. The fraction of sp³-hybridized carbons (Fsp3) is 0.929. The molecular formula is C14H29N3O. The van der Waals surface area contributed by atoms with Crippen molar-refractivity contribution in [3.05, 3.63) is 0 Å². The first-order valence-corrected chi connectivity index (χ1v) is 7.30. The van der Waals surface area contributed by atoms with Crippen molar-refractivity contribution in [1.29, 1.82) is 0 Å². The molecule has 1 rings (SSSR count). The van der Waals surface area contributed by atoms with E-state index in [0.29, 0.717) is 0 Å². The summed E-state index contributed by atoms with van der Waals surface area (Å²) >= 11 is 0. The predicted octanol–water partition coefficient (Wildman–Crippen LogP) is 1.50. The van der Waals surface area contributed by atoms with Crippen LogP contribution in [0, 0.1) is 0 Å². The molecule has 4 nitrogen and oxygen atoms in total. The lowest BCUT2D eigenvalue weighted by Gasteiger charge is -2.28. The van der Waals surface area contributed by atoms with E-state index in [1.165, 1.54) is 45.2 Å². The summed E-state index contributed by atoms with van der Waals surface area (Å²) in [6.07, 6.45) is 8.61. The summed E-state index contributed by atoms with van der Waals surface area (Å²) in [6, 6.07) is 0. The third-order valence-electron chi connectivity index (χ3n) is 4.20. The van der Waals surface area contributed by atoms with E-state index >= 15 is 0 Å². The Morgan fingerprint density at radius 3 is 2.28 bits per heavy atom. The molecule has 1 saturated heterocycles. The summed E-state index contributed by atoms with van der Waals surface area (Å²) in [7, 11) is 1.81. The number of hydrogen-bond acceptors (Lipinski definition) is 3. The molecule has 1 aliphatic heterocycles. The van der Waals surface area contributed by atoms with Crippen LogP contribution in [0.3, 0.4) is 0 Å². The predicted molar refractivity (Wildman–Crippen MR) is 75.4 cm³/mol. The third kappa shape index (κ3) is 4.94. The second-order valence-electron chi connectivity index (χ2n) is 5.66. The average Bonchev–Trinajstić information content (AvgIpc) is 2.31. The average molecular weight is 255 g/mol. The minimum atomic E-state index is -0.553. The monoisotopic (exact) mass is 255 g/mol. The van der Waals surface area contributed by atoms with Crippen LogP contribution < -0.4 is 11.1 Å². The molecule has 0 spiro atoms. The molecule has 0 aromatic heterocycles. The number of carbonyl (C=O) groups excluding carboxylic acids is 1. The van der Waals surface area contributed by atoms with E-state index in [1.807, 2.05) is 6.92 Å². The maximum absolute atomic E-state index is 11.4. The smallest absolute Gasteiger partial charge is 0.237 e. The molecule has 1 unspecified atom stereocenters. The highest BCUT2D eigenvalue weighted by Crippen LogP contribution is 2.14. The molecule has 106 valence electrons. The molecule has 0 radical (unpaired) electrons. The second kappa shape index (κ2) is 7.74. The normalized spacial score (nSPS) is 21.9. The van der Waals surface area contributed by atoms with Gasteiger partial charge in [-0.1, -0.05) is 19.3 Å². The Kier molecular flexibility index (Phi) is 6.65. The summed E-state index contributed by atoms with van der Waals surface area (Å²) in [5.74, 6) is -0.252. The zero-order valence-electron chi connectivity index (χ0n) is 12.0. The van der Waals surface area contributed by atoms with E-state index in [9.17, 15) is 4.79 Å². The molecule has 0 aliphatic carbocycles. The van der Waals surface area contributed by atoms with E-state index in [-0.39, 0.29) is 5.91 Å². The van der Waals surface area contributed by atoms with Crippen molar-refractivity contribution in [2.45, 2.75) is 57.4 Å². The largest absolute Gasteiger partial charge is 0.368 e. The lowest BCUT2D eigenvalue weighted by Crippen LogP contribution is -2.51. The Balaban J connectivity index is 2.28. The number of nitrogens with two attached hydrogens (primary N) is 1. The number of nitrogens with zero attached hydrogens (tertiary/aromatic N) is 1. The molecule has 1 heterocycles. The second-order valence-corrected chi connectivity index (χ2v) is 5.66. The highest BCUT2D eigenvalue weighted by Gasteiger charge is 2.28. The van der Waals surface area contributed by atoms with Crippen LogP contribution in [-0.2, 0) is 4.79 Å². The van der Waals surface area contributed by atoms with Crippen LogP contribution >= 0.6 is 0 Å². The molecule has 18 heavy (non-hydrogen) atoms. The molecule has 3 N–H and O–H groups in total. The Hall–Kier alpha value is -0.610. The van der Waals surface area contributed by atoms with E-state index in [4.69, 9.17) is 5.73 Å². The summed E-state index contributed by atoms with van der Waals surface area (Å²) in [5, 5.41) is 3.04. The lowest BCUT2D eigenvalue weighted by molar-refractivity contribution is -0.123. The van der Waals surface area contributed by atoms with Crippen LogP contribution in [-0.4, -0.2) is 43.0 Å². The van der Waals surface area contributed by atoms with Gasteiger partial charge in [0.1, 0.15) is 0 Å². The fourth-order valence-electron chi connectivity index (χ4n) is 2.56. The van der Waals surface area contributed by atoms with Crippen molar-refractivity contribution in [3.63, 3.8) is 0 Å². The quantitative estimate of drug-likeness (QED) is 0.756. The van der Waals surface area contributed by atoms with Crippen LogP contribution in [0.15, 0.2) is 0 Å². The van der Waals surface area contributed by atoms with Crippen LogP contribution in [0.25, 0.3) is 0 Å². The topological polar surface area (TPSA) is 58.4 Å². The van der Waals surface area contributed by atoms with Gasteiger partial charge < -0.3 is 16.0 Å². The van der Waals surface area contributed by atoms with Crippen LogP contribution in [0.2, 0.25) is 0 Å². The lowest BCUT2D eigenvalue weighted by atomic mass is 9.95. The number of likely N-dealkylation sites (tertiary alicyclic amines) is 1. The number of hydrogen-bond donors (Lipinski definition) is 2. The Morgan fingerprint density at radius 1 is 1.22 bits per heavy atom. The highest BCUT2D eigenvalue weighted by molar-refractivity contribution is 5.84. The number of primary amides is 1. The Labute approximate surface area is 111 Å². The number of rotatable bonds is 6. The Morgan fingerprint density at radius 2 is 1.78 bits per heavy atom. The molecule has 1 fully saturated rings. The van der Waals surface area contributed by atoms with E-state index < -0.39 is 5.54 Å². The molecule has 4 heteroatoms. The molecule has 0 saturated carbocycles. The number of amides is 1. The van der Waals surface area contributed by atoms with Crippen molar-refractivity contribution in [2.24, 2.45) is 5.73 Å². The van der Waals surface area contributed by atoms with E-state index in [0.717, 1.165) is 19.4 Å². The van der Waals surface area contributed by atoms with Crippen LogP contribution in [0.4, 0.5) is 0 Å². The number of carbonyl (C=O) groups is 1. The maximum Gasteiger partial charge on any atom is 0.237 e. The van der Waals surface area contributed by atoms with Gasteiger partial charge in [-0.3, -0.25) is 4.79 Å². The zero-order valence-corrected chi connectivity index (χ0v) is 12.0. The van der Waals surface area contributed by atoms with Gasteiger partial charge in [0.2, 0.25) is 5.91 Å². The summed E-state index contributed by atoms with van der Waals surface area (Å²) < 4.78 is 0. The van der Waals surface area contributed by atoms with Gasteiger partial charge in [0.05, 0.1) is 5.54 Å². The van der Waals surface area contributed by atoms with Crippen molar-refractivity contribution in [1.82, 2.24) is 10.2 Å². The van der Waals surface area contributed by atoms with E-state index in [2.05, 4.69) is 10.2 Å². The minimum absolute atomic E-state index is 0.252. The summed E-state index contributed by atoms with van der Waals surface area (Å²) in [5.41, 5.74) is 4.88. The molecule has 1 atom stereocenters. The maximum atomic E-state index is 11.4. The first-order valence-electron chi connectivity index (χ1n) is 7.30. The number of nitrogens with one attached hydrogen (secondary N) is 1. The highest BCUT2D eigenvalue weighted by atomic mass is 16.1.